The van der Waals surface area contributed by atoms with Crippen molar-refractivity contribution < 1.29 is 17.9 Å². The Morgan fingerprint density at radius 1 is 1.07 bits per heavy atom. The summed E-state index contributed by atoms with van der Waals surface area (Å²) in [7, 11) is -1.86. The first-order chi connectivity index (χ1) is 12.4. The van der Waals surface area contributed by atoms with Crippen LogP contribution in [-0.2, 0) is 4.43 Å². The Hall–Kier alpha value is -1.70. The van der Waals surface area contributed by atoms with Gasteiger partial charge < -0.3 is 14.9 Å². The highest BCUT2D eigenvalue weighted by Crippen LogP contribution is 2.36. The van der Waals surface area contributed by atoms with E-state index in [0.717, 1.165) is 6.07 Å². The third-order valence-corrected chi connectivity index (χ3v) is 9.50. The van der Waals surface area contributed by atoms with Gasteiger partial charge in [0.1, 0.15) is 23.4 Å². The van der Waals surface area contributed by atoms with Crippen molar-refractivity contribution in [3.63, 3.8) is 0 Å². The van der Waals surface area contributed by atoms with Crippen LogP contribution in [0.4, 0.5) is 14.5 Å². The van der Waals surface area contributed by atoms with E-state index in [4.69, 9.17) is 26.5 Å². The third-order valence-electron chi connectivity index (χ3n) is 4.77. The zero-order valence-electron chi connectivity index (χ0n) is 16.2. The van der Waals surface area contributed by atoms with E-state index in [1.165, 1.54) is 18.2 Å². The van der Waals surface area contributed by atoms with Crippen LogP contribution < -0.4 is 10.5 Å². The van der Waals surface area contributed by atoms with Gasteiger partial charge in [-0.1, -0.05) is 32.4 Å². The second-order valence-electron chi connectivity index (χ2n) is 7.83. The van der Waals surface area contributed by atoms with E-state index >= 15 is 0 Å². The summed E-state index contributed by atoms with van der Waals surface area (Å²) in [6.45, 7) is 11.5. The minimum Gasteiger partial charge on any atom is -0.475 e. The maximum Gasteiger partial charge on any atom is 0.215 e. The largest absolute Gasteiger partial charge is 0.475 e. The molecule has 0 spiro atoms. The fourth-order valence-electron chi connectivity index (χ4n) is 2.15. The van der Waals surface area contributed by atoms with Crippen molar-refractivity contribution in [3.8, 4) is 17.0 Å². The Balaban J connectivity index is 2.11. The number of hydrogen-bond donors (Lipinski definition) is 1. The lowest BCUT2D eigenvalue weighted by atomic mass is 10.1. The zero-order valence-corrected chi connectivity index (χ0v) is 18.0. The predicted octanol–water partition coefficient (Wildman–Crippen LogP) is 5.66. The lowest BCUT2D eigenvalue weighted by Crippen LogP contribution is -2.41. The molecule has 0 radical (unpaired) electrons. The molecular weight excluding hydrogens is 390 g/mol. The van der Waals surface area contributed by atoms with Crippen molar-refractivity contribution in [2.75, 3.05) is 18.9 Å². The molecule has 0 bridgehead atoms. The van der Waals surface area contributed by atoms with Crippen molar-refractivity contribution in [2.24, 2.45) is 0 Å². The Bertz CT molecular complexity index is 826. The van der Waals surface area contributed by atoms with Crippen LogP contribution in [0.3, 0.4) is 0 Å². The van der Waals surface area contributed by atoms with Crippen LogP contribution in [0.2, 0.25) is 23.3 Å². The number of ether oxygens (including phenoxy) is 1. The monoisotopic (exact) mass is 414 g/mol. The summed E-state index contributed by atoms with van der Waals surface area (Å²) in [6, 6.07) is 4.97. The normalized spacial score (nSPS) is 12.3. The first-order valence-corrected chi connectivity index (χ1v) is 11.9. The highest BCUT2D eigenvalue weighted by molar-refractivity contribution is 6.74. The molecule has 0 saturated carbocycles. The molecule has 8 heteroatoms. The van der Waals surface area contributed by atoms with Crippen molar-refractivity contribution >= 4 is 25.6 Å². The van der Waals surface area contributed by atoms with Gasteiger partial charge in [0.15, 0.2) is 8.32 Å². The molecule has 0 saturated heterocycles. The summed E-state index contributed by atoms with van der Waals surface area (Å²) < 4.78 is 39.2. The molecule has 0 unspecified atom stereocenters. The second-order valence-corrected chi connectivity index (χ2v) is 13.0. The number of aromatic nitrogens is 1. The Labute approximate surface area is 164 Å². The molecule has 1 aromatic carbocycles. The number of pyridine rings is 1. The number of benzene rings is 1. The minimum atomic E-state index is -1.86. The molecule has 0 aliphatic rings. The van der Waals surface area contributed by atoms with Crippen LogP contribution >= 0.6 is 11.6 Å². The molecule has 0 aliphatic carbocycles. The number of nitrogen functional groups attached to an aromatic ring is 1. The number of hydrogen-bond acceptors (Lipinski definition) is 4. The summed E-state index contributed by atoms with van der Waals surface area (Å²) in [5, 5.41) is 0.240. The fourth-order valence-corrected chi connectivity index (χ4v) is 3.38. The molecule has 2 rings (SSSR count). The molecule has 0 fully saturated rings. The molecule has 4 nitrogen and oxygen atoms in total. The molecule has 1 heterocycles. The van der Waals surface area contributed by atoms with Crippen LogP contribution in [0.1, 0.15) is 20.8 Å². The van der Waals surface area contributed by atoms with Gasteiger partial charge in [0.05, 0.1) is 12.3 Å². The second kappa shape index (κ2) is 8.12. The molecule has 0 atom stereocenters. The summed E-state index contributed by atoms with van der Waals surface area (Å²) >= 11 is 6.03. The summed E-state index contributed by atoms with van der Waals surface area (Å²) in [5.41, 5.74) is 5.92. The van der Waals surface area contributed by atoms with Gasteiger partial charge >= 0.3 is 0 Å². The van der Waals surface area contributed by atoms with Crippen LogP contribution in [-0.4, -0.2) is 26.5 Å². The van der Waals surface area contributed by atoms with Crippen LogP contribution in [0.25, 0.3) is 11.1 Å². The van der Waals surface area contributed by atoms with Gasteiger partial charge in [-0.15, -0.1) is 0 Å². The van der Waals surface area contributed by atoms with Crippen LogP contribution in [0.5, 0.6) is 5.88 Å². The first-order valence-electron chi connectivity index (χ1n) is 8.60. The number of nitrogens with zero attached hydrogens (tertiary/aromatic N) is 1. The Morgan fingerprint density at radius 2 is 1.74 bits per heavy atom. The summed E-state index contributed by atoms with van der Waals surface area (Å²) in [5.74, 6) is -1.31. The standard InChI is InChI=1S/C19H25ClF2N2O2Si/c1-19(2,3)27(4,5)26-7-6-25-18-9-12(8-17(20)24-18)13-10-16(23)15(22)11-14(13)21/h8-11H,6-7,23H2,1-5H3. The van der Waals surface area contributed by atoms with Gasteiger partial charge in [0, 0.05) is 17.7 Å². The molecular formula is C19H25ClF2N2O2Si. The third kappa shape index (κ3) is 5.40. The SMILES string of the molecule is CC(C)(C)[Si](C)(C)OCCOc1cc(-c2cc(N)c(F)cc2F)cc(Cl)n1. The van der Waals surface area contributed by atoms with Gasteiger partial charge in [-0.05, 0) is 35.8 Å². The number of anilines is 1. The van der Waals surface area contributed by atoms with Gasteiger partial charge in [-0.2, -0.15) is 0 Å². The van der Waals surface area contributed by atoms with Crippen molar-refractivity contribution in [3.05, 3.63) is 41.1 Å². The van der Waals surface area contributed by atoms with Crippen LogP contribution in [0.15, 0.2) is 24.3 Å². The molecule has 2 N–H and O–H groups in total. The first kappa shape index (κ1) is 21.6. The predicted molar refractivity (Wildman–Crippen MR) is 108 cm³/mol. The Morgan fingerprint density at radius 3 is 2.37 bits per heavy atom. The van der Waals surface area contributed by atoms with E-state index in [1.807, 2.05) is 0 Å². The lowest BCUT2D eigenvalue weighted by molar-refractivity contribution is 0.199. The van der Waals surface area contributed by atoms with E-state index in [0.29, 0.717) is 12.2 Å². The van der Waals surface area contributed by atoms with Gasteiger partial charge in [-0.3, -0.25) is 0 Å². The smallest absolute Gasteiger partial charge is 0.215 e. The van der Waals surface area contributed by atoms with E-state index in [2.05, 4.69) is 38.8 Å². The average Bonchev–Trinajstić information content (AvgIpc) is 2.53. The maximum absolute atomic E-state index is 14.1. The molecule has 148 valence electrons. The lowest BCUT2D eigenvalue weighted by Gasteiger charge is -2.36. The minimum absolute atomic E-state index is 0.106. The number of rotatable bonds is 6. The van der Waals surface area contributed by atoms with Crippen LogP contribution in [0, 0.1) is 11.6 Å². The van der Waals surface area contributed by atoms with Crippen molar-refractivity contribution in [1.29, 1.82) is 0 Å². The molecule has 2 aromatic rings. The molecule has 1 aromatic heterocycles. The highest BCUT2D eigenvalue weighted by Gasteiger charge is 2.36. The summed E-state index contributed by atoms with van der Waals surface area (Å²) in [4.78, 5) is 4.08. The summed E-state index contributed by atoms with van der Waals surface area (Å²) in [6.07, 6.45) is 0. The van der Waals surface area contributed by atoms with E-state index in [9.17, 15) is 8.78 Å². The van der Waals surface area contributed by atoms with Crippen molar-refractivity contribution in [2.45, 2.75) is 38.9 Å². The van der Waals surface area contributed by atoms with Gasteiger partial charge in [0.2, 0.25) is 5.88 Å². The van der Waals surface area contributed by atoms with Crippen molar-refractivity contribution in [1.82, 2.24) is 4.98 Å². The topological polar surface area (TPSA) is 57.4 Å². The number of halogens is 3. The quantitative estimate of drug-likeness (QED) is 0.286. The zero-order chi connectivity index (χ0) is 20.4. The van der Waals surface area contributed by atoms with E-state index in [1.54, 1.807) is 0 Å². The average molecular weight is 415 g/mol. The maximum atomic E-state index is 14.1. The van der Waals surface area contributed by atoms with E-state index < -0.39 is 20.0 Å². The highest BCUT2D eigenvalue weighted by atomic mass is 35.5. The molecule has 0 aliphatic heterocycles. The number of nitrogens with two attached hydrogens (primary N) is 1. The van der Waals surface area contributed by atoms with Gasteiger partial charge in [-0.25, -0.2) is 13.8 Å². The van der Waals surface area contributed by atoms with E-state index in [-0.39, 0.29) is 33.9 Å². The Kier molecular flexibility index (Phi) is 6.50. The molecule has 27 heavy (non-hydrogen) atoms. The molecule has 0 amide bonds. The van der Waals surface area contributed by atoms with Gasteiger partial charge in [0.25, 0.3) is 0 Å². The fraction of sp³-hybridized carbons (Fsp3) is 0.421.